The Labute approximate surface area is 136 Å². The van der Waals surface area contributed by atoms with Gasteiger partial charge in [0.25, 0.3) is 12.5 Å². The van der Waals surface area contributed by atoms with E-state index >= 15 is 0 Å². The molecule has 0 atom stereocenters. The fraction of sp³-hybridized carbons (Fsp3) is 0.462. The van der Waals surface area contributed by atoms with Gasteiger partial charge in [-0.25, -0.2) is 23.5 Å². The van der Waals surface area contributed by atoms with Crippen LogP contribution in [-0.4, -0.2) is 47.2 Å². The van der Waals surface area contributed by atoms with Crippen molar-refractivity contribution in [2.75, 3.05) is 20.8 Å². The number of rotatable bonds is 5. The van der Waals surface area contributed by atoms with E-state index in [1.165, 1.54) is 30.4 Å². The summed E-state index contributed by atoms with van der Waals surface area (Å²) in [4.78, 5) is 20.0. The first kappa shape index (κ1) is 19.0. The first-order valence-corrected chi connectivity index (χ1v) is 7.20. The molecular formula is C13H17F2N4O3S+. The summed E-state index contributed by atoms with van der Waals surface area (Å²) in [5, 5.41) is 0. The number of carbonyl (C=O) groups excluding carboxylic acids is 1. The van der Waals surface area contributed by atoms with Crippen LogP contribution in [0.1, 0.15) is 6.92 Å². The molecule has 0 fully saturated rings. The molecule has 2 aromatic heterocycles. The van der Waals surface area contributed by atoms with Crippen LogP contribution < -0.4 is 4.68 Å². The molecule has 0 aromatic carbocycles. The van der Waals surface area contributed by atoms with Gasteiger partial charge in [0.1, 0.15) is 6.61 Å². The van der Waals surface area contributed by atoms with E-state index < -0.39 is 12.5 Å². The van der Waals surface area contributed by atoms with Gasteiger partial charge in [-0.1, -0.05) is 4.68 Å². The van der Waals surface area contributed by atoms with Gasteiger partial charge in [-0.2, -0.15) is 0 Å². The van der Waals surface area contributed by atoms with Crippen molar-refractivity contribution in [1.29, 1.82) is 0 Å². The molecule has 0 bridgehead atoms. The first-order valence-electron chi connectivity index (χ1n) is 6.43. The van der Waals surface area contributed by atoms with E-state index in [0.29, 0.717) is 5.82 Å². The molecule has 0 spiro atoms. The number of halogens is 2. The molecule has 23 heavy (non-hydrogen) atoms. The number of alkyl halides is 2. The number of esters is 1. The quantitative estimate of drug-likeness (QED) is 0.600. The van der Waals surface area contributed by atoms with Gasteiger partial charge in [0, 0.05) is 38.0 Å². The van der Waals surface area contributed by atoms with E-state index in [1.54, 1.807) is 24.7 Å². The first-order chi connectivity index (χ1) is 10.9. The molecule has 10 heteroatoms. The van der Waals surface area contributed by atoms with E-state index in [-0.39, 0.29) is 12.5 Å². The Balaban J connectivity index is 0.000000322. The van der Waals surface area contributed by atoms with Gasteiger partial charge in [-0.05, 0) is 6.07 Å². The van der Waals surface area contributed by atoms with Crippen molar-refractivity contribution >= 4 is 17.5 Å². The SMILES string of the molecule is COC(=O)C[n+]1cc(-c2ncccn2)sn1.COCC(C)(F)F. The Morgan fingerprint density at radius 1 is 1.35 bits per heavy atom. The Morgan fingerprint density at radius 2 is 2.00 bits per heavy atom. The van der Waals surface area contributed by atoms with Crippen LogP contribution in [0, 0.1) is 0 Å². The average Bonchev–Trinajstić information content (AvgIpc) is 2.96. The monoisotopic (exact) mass is 347 g/mol. The number of carbonyl (C=O) groups is 1. The minimum Gasteiger partial charge on any atom is -0.464 e. The van der Waals surface area contributed by atoms with Crippen molar-refractivity contribution in [3.05, 3.63) is 24.7 Å². The summed E-state index contributed by atoms with van der Waals surface area (Å²) < 4.78 is 37.5. The molecule has 2 rings (SSSR count). The van der Waals surface area contributed by atoms with E-state index in [9.17, 15) is 13.6 Å². The Hall–Kier alpha value is -2.07. The number of hydrogen-bond acceptors (Lipinski definition) is 7. The summed E-state index contributed by atoms with van der Waals surface area (Å²) in [5.74, 6) is -2.41. The highest BCUT2D eigenvalue weighted by Crippen LogP contribution is 2.14. The molecule has 0 amide bonds. The van der Waals surface area contributed by atoms with Crippen LogP contribution in [0.25, 0.3) is 10.7 Å². The maximum Gasteiger partial charge on any atom is 0.374 e. The zero-order valence-corrected chi connectivity index (χ0v) is 13.7. The van der Waals surface area contributed by atoms with Crippen molar-refractivity contribution in [1.82, 2.24) is 14.5 Å². The van der Waals surface area contributed by atoms with E-state index in [0.717, 1.165) is 11.8 Å². The minimum absolute atomic E-state index is 0.0971. The molecule has 0 saturated heterocycles. The van der Waals surface area contributed by atoms with Crippen LogP contribution in [0.3, 0.4) is 0 Å². The Kier molecular flexibility index (Phi) is 7.55. The maximum atomic E-state index is 11.6. The predicted molar refractivity (Wildman–Crippen MR) is 77.8 cm³/mol. The van der Waals surface area contributed by atoms with Crippen LogP contribution in [-0.2, 0) is 20.8 Å². The molecule has 2 aromatic rings. The second-order valence-electron chi connectivity index (χ2n) is 4.42. The molecule has 0 N–H and O–H groups in total. The summed E-state index contributed by atoms with van der Waals surface area (Å²) in [6, 6.07) is 1.74. The van der Waals surface area contributed by atoms with Gasteiger partial charge in [-0.15, -0.1) is 0 Å². The van der Waals surface area contributed by atoms with Crippen LogP contribution >= 0.6 is 11.5 Å². The van der Waals surface area contributed by atoms with Gasteiger partial charge in [-0.3, -0.25) is 0 Å². The van der Waals surface area contributed by atoms with Gasteiger partial charge in [0.15, 0.2) is 10.7 Å². The average molecular weight is 347 g/mol. The fourth-order valence-electron chi connectivity index (χ4n) is 1.33. The molecule has 0 aliphatic carbocycles. The highest BCUT2D eigenvalue weighted by molar-refractivity contribution is 7.08. The van der Waals surface area contributed by atoms with Crippen molar-refractivity contribution in [3.8, 4) is 10.7 Å². The Bertz CT molecular complexity index is 605. The van der Waals surface area contributed by atoms with Crippen LogP contribution in [0.15, 0.2) is 24.7 Å². The third-order valence-corrected chi connectivity index (χ3v) is 2.99. The summed E-state index contributed by atoms with van der Waals surface area (Å²) in [5.41, 5.74) is 0. The molecule has 2 heterocycles. The van der Waals surface area contributed by atoms with Crippen molar-refractivity contribution < 1.29 is 27.7 Å². The molecule has 0 radical (unpaired) electrons. The summed E-state index contributed by atoms with van der Waals surface area (Å²) in [6.45, 7) is 0.420. The fourth-order valence-corrected chi connectivity index (χ4v) is 1.98. The van der Waals surface area contributed by atoms with E-state index in [1.807, 2.05) is 0 Å². The highest BCUT2D eigenvalue weighted by atomic mass is 32.1. The van der Waals surface area contributed by atoms with E-state index in [4.69, 9.17) is 0 Å². The summed E-state index contributed by atoms with van der Waals surface area (Å²) >= 11 is 1.24. The molecule has 0 unspecified atom stereocenters. The zero-order chi connectivity index (χ0) is 17.3. The Morgan fingerprint density at radius 3 is 2.48 bits per heavy atom. The number of hydrogen-bond donors (Lipinski definition) is 0. The lowest BCUT2D eigenvalue weighted by Crippen LogP contribution is -2.39. The van der Waals surface area contributed by atoms with E-state index in [2.05, 4.69) is 23.9 Å². The van der Waals surface area contributed by atoms with Crippen LogP contribution in [0.5, 0.6) is 0 Å². The van der Waals surface area contributed by atoms with Gasteiger partial charge in [0.2, 0.25) is 6.20 Å². The van der Waals surface area contributed by atoms with Crippen molar-refractivity contribution in [2.45, 2.75) is 19.4 Å². The highest BCUT2D eigenvalue weighted by Gasteiger charge is 2.19. The predicted octanol–water partition coefficient (Wildman–Crippen LogP) is 1.35. The van der Waals surface area contributed by atoms with Gasteiger partial charge >= 0.3 is 5.97 Å². The van der Waals surface area contributed by atoms with Crippen LogP contribution in [0.4, 0.5) is 8.78 Å². The topological polar surface area (TPSA) is 78.1 Å². The smallest absolute Gasteiger partial charge is 0.374 e. The summed E-state index contributed by atoms with van der Waals surface area (Å²) in [6.07, 6.45) is 5.04. The van der Waals surface area contributed by atoms with Crippen molar-refractivity contribution in [3.63, 3.8) is 0 Å². The third-order valence-electron chi connectivity index (χ3n) is 2.21. The van der Waals surface area contributed by atoms with Crippen LogP contribution in [0.2, 0.25) is 0 Å². The lowest BCUT2D eigenvalue weighted by atomic mass is 10.4. The number of nitrogens with zero attached hydrogens (tertiary/aromatic N) is 4. The number of methoxy groups -OCH3 is 2. The summed E-state index contributed by atoms with van der Waals surface area (Å²) in [7, 11) is 2.59. The zero-order valence-electron chi connectivity index (χ0n) is 12.9. The second-order valence-corrected chi connectivity index (χ2v) is 5.20. The van der Waals surface area contributed by atoms with Gasteiger partial charge < -0.3 is 9.47 Å². The lowest BCUT2D eigenvalue weighted by Gasteiger charge is -2.05. The normalized spacial score (nSPS) is 10.7. The largest absolute Gasteiger partial charge is 0.464 e. The molecular weight excluding hydrogens is 330 g/mol. The number of ether oxygens (including phenoxy) is 2. The molecule has 0 saturated carbocycles. The van der Waals surface area contributed by atoms with Gasteiger partial charge in [0.05, 0.1) is 11.6 Å². The maximum absolute atomic E-state index is 11.6. The molecule has 0 aliphatic heterocycles. The van der Waals surface area contributed by atoms with Crippen molar-refractivity contribution in [2.24, 2.45) is 0 Å². The molecule has 0 aliphatic rings. The molecule has 126 valence electrons. The molecule has 7 nitrogen and oxygen atoms in total. The third kappa shape index (κ3) is 7.66. The lowest BCUT2D eigenvalue weighted by molar-refractivity contribution is -0.735. The number of aromatic nitrogens is 4. The minimum atomic E-state index is -2.67. The second kappa shape index (κ2) is 9.16. The standard InChI is InChI=1S/C9H9N4O2S.C4H8F2O/c1-15-8(14)6-13-5-7(16-12-13)9-10-3-2-4-11-9;1-4(5,6)3-7-2/h2-5H,6H2,1H3;3H2,1-2H3/q+1;.